The van der Waals surface area contributed by atoms with Crippen LogP contribution in [0, 0.1) is 0 Å². The number of aromatic nitrogens is 10. The Bertz CT molecular complexity index is 2330. The van der Waals surface area contributed by atoms with Crippen molar-refractivity contribution in [1.82, 2.24) is 49.5 Å². The highest BCUT2D eigenvalue weighted by molar-refractivity contribution is 6.28. The zero-order valence-electron chi connectivity index (χ0n) is 26.1. The van der Waals surface area contributed by atoms with Gasteiger partial charge in [-0.1, -0.05) is 60.7 Å². The molecule has 0 saturated heterocycles. The fourth-order valence-corrected chi connectivity index (χ4v) is 5.47. The fraction of sp³-hybridized carbons (Fsp3) is 0.0857. The Labute approximate surface area is 291 Å². The van der Waals surface area contributed by atoms with Crippen LogP contribution in [0.15, 0.2) is 122 Å². The van der Waals surface area contributed by atoms with E-state index < -0.39 is 0 Å². The van der Waals surface area contributed by atoms with E-state index in [0.717, 1.165) is 46.3 Å². The molecular formula is C35H28Cl2N12. The highest BCUT2D eigenvalue weighted by Crippen LogP contribution is 2.26. The van der Waals surface area contributed by atoms with Gasteiger partial charge in [0.15, 0.2) is 0 Å². The van der Waals surface area contributed by atoms with Crippen molar-refractivity contribution in [3.63, 3.8) is 0 Å². The number of fused-ring (bicyclic) bond motifs is 2. The van der Waals surface area contributed by atoms with Crippen LogP contribution in [-0.4, -0.2) is 56.5 Å². The molecule has 0 unspecified atom stereocenters. The molecule has 4 aromatic heterocycles. The van der Waals surface area contributed by atoms with E-state index in [2.05, 4.69) is 81.8 Å². The highest BCUT2D eigenvalue weighted by Gasteiger charge is 2.11. The van der Waals surface area contributed by atoms with Gasteiger partial charge in [0.1, 0.15) is 12.7 Å². The smallest absolute Gasteiger partial charge is 0.233 e. The second-order valence-corrected chi connectivity index (χ2v) is 11.6. The maximum absolute atomic E-state index is 5.85. The third-order valence-electron chi connectivity index (χ3n) is 7.63. The molecular weight excluding hydrogens is 659 g/mol. The Hall–Kier alpha value is -5.98. The zero-order valence-corrected chi connectivity index (χ0v) is 27.6. The summed E-state index contributed by atoms with van der Waals surface area (Å²) in [7, 11) is 1.89. The van der Waals surface area contributed by atoms with E-state index in [9.17, 15) is 0 Å². The predicted molar refractivity (Wildman–Crippen MR) is 192 cm³/mol. The molecule has 4 heterocycles. The fourth-order valence-electron chi connectivity index (χ4n) is 5.22. The van der Waals surface area contributed by atoms with Gasteiger partial charge in [-0.25, -0.2) is 19.9 Å². The van der Waals surface area contributed by atoms with E-state index in [1.54, 1.807) is 0 Å². The molecule has 8 aromatic rings. The van der Waals surface area contributed by atoms with Crippen LogP contribution in [0.3, 0.4) is 0 Å². The maximum Gasteiger partial charge on any atom is 0.233 e. The minimum absolute atomic E-state index is 0.157. The SMILES string of the molecule is CN(c1ccc2c(cnn2Cc2ccccc2)c1)c1ncnc(Cl)n1.Clc1ncnc(Nc2ccc3c(cnn3Cc3ccccc3)c2)n1. The summed E-state index contributed by atoms with van der Waals surface area (Å²) < 4.78 is 3.97. The maximum atomic E-state index is 5.85. The molecule has 0 aliphatic rings. The number of nitrogens with one attached hydrogen (secondary N) is 1. The van der Waals surface area contributed by atoms with E-state index in [0.29, 0.717) is 11.9 Å². The number of rotatable bonds is 8. The summed E-state index contributed by atoms with van der Waals surface area (Å²) in [5.74, 6) is 0.905. The molecule has 14 heteroatoms. The normalized spacial score (nSPS) is 10.9. The molecule has 1 N–H and O–H groups in total. The molecule has 0 saturated carbocycles. The molecule has 0 spiro atoms. The minimum Gasteiger partial charge on any atom is -0.324 e. The number of hydrogen-bond acceptors (Lipinski definition) is 10. The lowest BCUT2D eigenvalue weighted by Gasteiger charge is -2.16. The van der Waals surface area contributed by atoms with Crippen molar-refractivity contribution in [3.05, 3.63) is 144 Å². The lowest BCUT2D eigenvalue weighted by atomic mass is 10.2. The van der Waals surface area contributed by atoms with Gasteiger partial charge in [-0.15, -0.1) is 0 Å². The van der Waals surface area contributed by atoms with Crippen LogP contribution in [0.2, 0.25) is 10.6 Å². The molecule has 0 bridgehead atoms. The predicted octanol–water partition coefficient (Wildman–Crippen LogP) is 7.36. The Balaban J connectivity index is 0.000000154. The Kier molecular flexibility index (Phi) is 9.30. The van der Waals surface area contributed by atoms with Crippen LogP contribution >= 0.6 is 23.2 Å². The minimum atomic E-state index is 0.157. The van der Waals surface area contributed by atoms with Gasteiger partial charge in [0.2, 0.25) is 22.5 Å². The summed E-state index contributed by atoms with van der Waals surface area (Å²) in [6.45, 7) is 1.47. The van der Waals surface area contributed by atoms with Crippen LogP contribution in [-0.2, 0) is 13.1 Å². The summed E-state index contributed by atoms with van der Waals surface area (Å²) in [5, 5.41) is 14.5. The first-order chi connectivity index (χ1) is 24.0. The monoisotopic (exact) mass is 686 g/mol. The molecule has 0 atom stereocenters. The molecule has 8 rings (SSSR count). The zero-order chi connectivity index (χ0) is 33.6. The van der Waals surface area contributed by atoms with Gasteiger partial charge in [-0.05, 0) is 70.7 Å². The van der Waals surface area contributed by atoms with Crippen molar-refractivity contribution >= 4 is 68.3 Å². The van der Waals surface area contributed by atoms with Crippen molar-refractivity contribution in [3.8, 4) is 0 Å². The molecule has 4 aromatic carbocycles. The van der Waals surface area contributed by atoms with Gasteiger partial charge in [0.25, 0.3) is 0 Å². The quantitative estimate of drug-likeness (QED) is 0.173. The van der Waals surface area contributed by atoms with Gasteiger partial charge in [-0.3, -0.25) is 9.36 Å². The second kappa shape index (κ2) is 14.4. The first kappa shape index (κ1) is 31.6. The summed E-state index contributed by atoms with van der Waals surface area (Å²) >= 11 is 11.6. The van der Waals surface area contributed by atoms with Crippen molar-refractivity contribution in [1.29, 1.82) is 0 Å². The molecule has 0 aliphatic heterocycles. The van der Waals surface area contributed by atoms with Crippen molar-refractivity contribution in [2.75, 3.05) is 17.3 Å². The molecule has 49 heavy (non-hydrogen) atoms. The van der Waals surface area contributed by atoms with Crippen molar-refractivity contribution in [2.45, 2.75) is 13.1 Å². The first-order valence-electron chi connectivity index (χ1n) is 15.2. The average molecular weight is 688 g/mol. The lowest BCUT2D eigenvalue weighted by Crippen LogP contribution is -2.13. The average Bonchev–Trinajstić information content (AvgIpc) is 3.72. The third-order valence-corrected chi connectivity index (χ3v) is 8.00. The summed E-state index contributed by atoms with van der Waals surface area (Å²) in [4.78, 5) is 25.8. The van der Waals surface area contributed by atoms with E-state index >= 15 is 0 Å². The largest absolute Gasteiger partial charge is 0.324 e. The van der Waals surface area contributed by atoms with Crippen LogP contribution in [0.5, 0.6) is 0 Å². The van der Waals surface area contributed by atoms with Crippen molar-refractivity contribution < 1.29 is 0 Å². The highest BCUT2D eigenvalue weighted by atomic mass is 35.5. The molecule has 0 fully saturated rings. The van der Waals surface area contributed by atoms with Gasteiger partial charge in [0, 0.05) is 29.2 Å². The number of benzene rings is 4. The third kappa shape index (κ3) is 7.61. The van der Waals surface area contributed by atoms with Gasteiger partial charge >= 0.3 is 0 Å². The molecule has 12 nitrogen and oxygen atoms in total. The Morgan fingerprint density at radius 2 is 1.20 bits per heavy atom. The molecule has 242 valence electrons. The molecule has 0 amide bonds. The molecule has 0 aliphatic carbocycles. The summed E-state index contributed by atoms with van der Waals surface area (Å²) in [6.07, 6.45) is 6.49. The number of anilines is 4. The second-order valence-electron chi connectivity index (χ2n) is 10.9. The van der Waals surface area contributed by atoms with Crippen molar-refractivity contribution in [2.24, 2.45) is 0 Å². The number of nitrogens with zero attached hydrogens (tertiary/aromatic N) is 11. The number of halogens is 2. The lowest BCUT2D eigenvalue weighted by molar-refractivity contribution is 0.712. The Morgan fingerprint density at radius 1 is 0.633 bits per heavy atom. The van der Waals surface area contributed by atoms with Crippen LogP contribution in [0.25, 0.3) is 21.8 Å². The standard InChI is InChI=1S/C18H15ClN6.C17H13ClN6/c1-24(18-21-12-20-17(19)23-18)15-7-8-16-14(9-15)10-22-25(16)11-13-5-3-2-4-6-13;18-16-19-11-20-17(23-16)22-14-6-7-15-13(8-14)9-21-24(15)10-12-4-2-1-3-5-12/h2-10,12H,11H2,1H3;1-9,11H,10H2,(H,19,20,22,23). The van der Waals surface area contributed by atoms with E-state index in [1.807, 2.05) is 94.4 Å². The first-order valence-corrected chi connectivity index (χ1v) is 15.9. The van der Waals surface area contributed by atoms with E-state index in [4.69, 9.17) is 23.2 Å². The van der Waals surface area contributed by atoms with E-state index in [-0.39, 0.29) is 10.6 Å². The van der Waals surface area contributed by atoms with Gasteiger partial charge < -0.3 is 10.2 Å². The van der Waals surface area contributed by atoms with Crippen LogP contribution in [0.4, 0.5) is 23.3 Å². The van der Waals surface area contributed by atoms with Gasteiger partial charge in [0.05, 0.1) is 36.5 Å². The topological polar surface area (TPSA) is 128 Å². The van der Waals surface area contributed by atoms with Gasteiger partial charge in [-0.2, -0.15) is 20.2 Å². The summed E-state index contributed by atoms with van der Waals surface area (Å²) in [5.41, 5.74) is 6.39. The van der Waals surface area contributed by atoms with E-state index in [1.165, 1.54) is 23.8 Å². The van der Waals surface area contributed by atoms with Crippen LogP contribution < -0.4 is 10.2 Å². The van der Waals surface area contributed by atoms with Crippen LogP contribution in [0.1, 0.15) is 11.1 Å². The summed E-state index contributed by atoms with van der Waals surface area (Å²) in [6, 6.07) is 32.7. The Morgan fingerprint density at radius 3 is 1.82 bits per heavy atom. The molecule has 0 radical (unpaired) electrons. The number of hydrogen-bond donors (Lipinski definition) is 1.